The molecule has 6 nitrogen and oxygen atoms in total. The molecule has 0 saturated carbocycles. The number of hydrogen-bond donors (Lipinski definition) is 2. The van der Waals surface area contributed by atoms with E-state index < -0.39 is 6.04 Å². The molecule has 1 unspecified atom stereocenters. The molecule has 2 N–H and O–H groups in total. The van der Waals surface area contributed by atoms with Crippen molar-refractivity contribution in [2.75, 3.05) is 6.61 Å². The van der Waals surface area contributed by atoms with Gasteiger partial charge in [0.25, 0.3) is 5.91 Å². The van der Waals surface area contributed by atoms with Crippen molar-refractivity contribution in [3.8, 4) is 22.8 Å². The van der Waals surface area contributed by atoms with Crippen LogP contribution in [0, 0.1) is 0 Å². The van der Waals surface area contributed by atoms with Crippen molar-refractivity contribution in [2.24, 2.45) is 0 Å². The van der Waals surface area contributed by atoms with E-state index in [2.05, 4.69) is 10.2 Å². The normalized spacial score (nSPS) is 15.0. The fourth-order valence-electron chi connectivity index (χ4n) is 4.28. The molecule has 1 aliphatic rings. The van der Waals surface area contributed by atoms with Gasteiger partial charge in [-0.05, 0) is 42.3 Å². The first-order valence-corrected chi connectivity index (χ1v) is 11.1. The lowest BCUT2D eigenvalue weighted by molar-refractivity contribution is 0.0730. The molecular formula is C26H22ClN3O3. The van der Waals surface area contributed by atoms with Crippen LogP contribution in [-0.4, -0.2) is 32.7 Å². The molecule has 4 aromatic rings. The summed E-state index contributed by atoms with van der Waals surface area (Å²) in [7, 11) is 0. The topological polar surface area (TPSA) is 78.5 Å². The van der Waals surface area contributed by atoms with Gasteiger partial charge in [-0.25, -0.2) is 0 Å². The maximum absolute atomic E-state index is 13.5. The van der Waals surface area contributed by atoms with E-state index in [1.807, 2.05) is 67.6 Å². The van der Waals surface area contributed by atoms with E-state index >= 15 is 0 Å². The summed E-state index contributed by atoms with van der Waals surface area (Å²) in [5, 5.41) is 18.3. The highest BCUT2D eigenvalue weighted by atomic mass is 35.5. The minimum absolute atomic E-state index is 0.0601. The number of carbonyl (C=O) groups excluding carboxylic acids is 1. The Morgan fingerprint density at radius 1 is 1.09 bits per heavy atom. The van der Waals surface area contributed by atoms with Crippen LogP contribution >= 0.6 is 11.6 Å². The Hall–Kier alpha value is -3.77. The lowest BCUT2D eigenvalue weighted by Crippen LogP contribution is -2.29. The standard InChI is InChI=1S/C26H22ClN3O3/c1-2-33-21-14-18(10-13-20(21)31)25-22-23(17-6-4-3-5-7-17)28-29-24(22)26(32)30(25)15-16-8-11-19(27)12-9-16/h3-14,25,31H,2,15H2,1H3,(H,28,29). The van der Waals surface area contributed by atoms with Crippen molar-refractivity contribution in [3.63, 3.8) is 0 Å². The number of aromatic nitrogens is 2. The maximum atomic E-state index is 13.5. The van der Waals surface area contributed by atoms with E-state index in [-0.39, 0.29) is 11.7 Å². The number of amides is 1. The van der Waals surface area contributed by atoms with Crippen LogP contribution in [0.3, 0.4) is 0 Å². The highest BCUT2D eigenvalue weighted by Crippen LogP contribution is 2.45. The summed E-state index contributed by atoms with van der Waals surface area (Å²) in [6, 6.07) is 22.1. The number of phenols is 1. The Labute approximate surface area is 196 Å². The number of rotatable bonds is 6. The molecular weight excluding hydrogens is 438 g/mol. The molecule has 0 aliphatic carbocycles. The second-order valence-corrected chi connectivity index (χ2v) is 8.29. The average Bonchev–Trinajstić information content (AvgIpc) is 3.37. The number of aromatic amines is 1. The van der Waals surface area contributed by atoms with E-state index in [4.69, 9.17) is 16.3 Å². The number of nitrogens with one attached hydrogen (secondary N) is 1. The zero-order valence-corrected chi connectivity index (χ0v) is 18.7. The van der Waals surface area contributed by atoms with Crippen LogP contribution in [0.1, 0.15) is 40.1 Å². The number of halogens is 1. The van der Waals surface area contributed by atoms with Crippen LogP contribution in [-0.2, 0) is 6.54 Å². The summed E-state index contributed by atoms with van der Waals surface area (Å²) in [5.41, 5.74) is 4.72. The van der Waals surface area contributed by atoms with Gasteiger partial charge in [-0.1, -0.05) is 60.1 Å². The molecule has 0 spiro atoms. The molecule has 1 amide bonds. The van der Waals surface area contributed by atoms with E-state index in [0.29, 0.717) is 29.6 Å². The molecule has 33 heavy (non-hydrogen) atoms. The Morgan fingerprint density at radius 2 is 1.85 bits per heavy atom. The molecule has 0 fully saturated rings. The summed E-state index contributed by atoms with van der Waals surface area (Å²) >= 11 is 6.06. The summed E-state index contributed by atoms with van der Waals surface area (Å²) in [4.78, 5) is 15.3. The number of phenolic OH excluding ortho intramolecular Hbond substituents is 1. The summed E-state index contributed by atoms with van der Waals surface area (Å²) in [6.45, 7) is 2.67. The molecule has 1 aromatic heterocycles. The van der Waals surface area contributed by atoms with Crippen LogP contribution in [0.15, 0.2) is 72.8 Å². The van der Waals surface area contributed by atoms with Gasteiger partial charge in [0.2, 0.25) is 0 Å². The van der Waals surface area contributed by atoms with Gasteiger partial charge < -0.3 is 14.7 Å². The first-order valence-electron chi connectivity index (χ1n) is 10.7. The molecule has 0 saturated heterocycles. The molecule has 3 aromatic carbocycles. The number of H-pyrrole nitrogens is 1. The minimum Gasteiger partial charge on any atom is -0.504 e. The van der Waals surface area contributed by atoms with Gasteiger partial charge in [-0.2, -0.15) is 5.10 Å². The van der Waals surface area contributed by atoms with Crippen LogP contribution in [0.5, 0.6) is 11.5 Å². The van der Waals surface area contributed by atoms with Gasteiger partial charge >= 0.3 is 0 Å². The lowest BCUT2D eigenvalue weighted by atomic mass is 9.95. The van der Waals surface area contributed by atoms with Gasteiger partial charge in [0.15, 0.2) is 11.5 Å². The zero-order chi connectivity index (χ0) is 22.9. The summed E-state index contributed by atoms with van der Waals surface area (Å²) in [6.07, 6.45) is 0. The van der Waals surface area contributed by atoms with Crippen molar-refractivity contribution in [3.05, 3.63) is 100 Å². The van der Waals surface area contributed by atoms with Gasteiger partial charge in [-0.3, -0.25) is 9.89 Å². The molecule has 7 heteroatoms. The molecule has 1 aliphatic heterocycles. The fourth-order valence-corrected chi connectivity index (χ4v) is 4.41. The highest BCUT2D eigenvalue weighted by molar-refractivity contribution is 6.30. The highest BCUT2D eigenvalue weighted by Gasteiger charge is 2.42. The fraction of sp³-hybridized carbons (Fsp3) is 0.154. The second-order valence-electron chi connectivity index (χ2n) is 7.85. The predicted molar refractivity (Wildman–Crippen MR) is 126 cm³/mol. The van der Waals surface area contributed by atoms with Crippen molar-refractivity contribution in [1.29, 1.82) is 0 Å². The summed E-state index contributed by atoms with van der Waals surface area (Å²) < 4.78 is 5.62. The first-order chi connectivity index (χ1) is 16.1. The van der Waals surface area contributed by atoms with E-state index in [1.54, 1.807) is 17.0 Å². The molecule has 1 atom stereocenters. The minimum atomic E-state index is -0.406. The Kier molecular flexibility index (Phi) is 5.52. The molecule has 0 radical (unpaired) electrons. The molecule has 2 heterocycles. The molecule has 0 bridgehead atoms. The average molecular weight is 460 g/mol. The monoisotopic (exact) mass is 459 g/mol. The molecule has 166 valence electrons. The van der Waals surface area contributed by atoms with E-state index in [1.165, 1.54) is 0 Å². The van der Waals surface area contributed by atoms with Gasteiger partial charge in [0, 0.05) is 22.7 Å². The van der Waals surface area contributed by atoms with E-state index in [9.17, 15) is 9.90 Å². The lowest BCUT2D eigenvalue weighted by Gasteiger charge is -2.27. The number of benzene rings is 3. The Morgan fingerprint density at radius 3 is 2.58 bits per heavy atom. The van der Waals surface area contributed by atoms with Crippen LogP contribution < -0.4 is 4.74 Å². The second kappa shape index (κ2) is 8.64. The number of carbonyl (C=O) groups is 1. The predicted octanol–water partition coefficient (Wildman–Crippen LogP) is 5.58. The van der Waals surface area contributed by atoms with Crippen molar-refractivity contribution in [1.82, 2.24) is 15.1 Å². The third kappa shape index (κ3) is 3.83. The number of nitrogens with zero attached hydrogens (tertiary/aromatic N) is 2. The number of aromatic hydroxyl groups is 1. The third-order valence-electron chi connectivity index (χ3n) is 5.78. The molecule has 5 rings (SSSR count). The van der Waals surface area contributed by atoms with Gasteiger partial charge in [-0.15, -0.1) is 0 Å². The Bertz CT molecular complexity index is 1300. The number of hydrogen-bond acceptors (Lipinski definition) is 4. The van der Waals surface area contributed by atoms with Gasteiger partial charge in [0.1, 0.15) is 5.69 Å². The first kappa shape index (κ1) is 21.1. The van der Waals surface area contributed by atoms with Crippen LogP contribution in [0.4, 0.5) is 0 Å². The number of ether oxygens (including phenoxy) is 1. The SMILES string of the molecule is CCOc1cc(C2c3c(-c4ccccc4)n[nH]c3C(=O)N2Cc2ccc(Cl)cc2)ccc1O. The largest absolute Gasteiger partial charge is 0.504 e. The van der Waals surface area contributed by atoms with Crippen LogP contribution in [0.25, 0.3) is 11.3 Å². The van der Waals surface area contributed by atoms with Crippen molar-refractivity contribution in [2.45, 2.75) is 19.5 Å². The van der Waals surface area contributed by atoms with Crippen molar-refractivity contribution < 1.29 is 14.6 Å². The Balaban J connectivity index is 1.65. The van der Waals surface area contributed by atoms with Crippen LogP contribution in [0.2, 0.25) is 5.02 Å². The summed E-state index contributed by atoms with van der Waals surface area (Å²) in [5.74, 6) is 0.308. The van der Waals surface area contributed by atoms with E-state index in [0.717, 1.165) is 27.9 Å². The third-order valence-corrected chi connectivity index (χ3v) is 6.03. The van der Waals surface area contributed by atoms with Gasteiger partial charge in [0.05, 0.1) is 18.3 Å². The number of fused-ring (bicyclic) bond motifs is 1. The smallest absolute Gasteiger partial charge is 0.273 e. The quantitative estimate of drug-likeness (QED) is 0.394. The maximum Gasteiger partial charge on any atom is 0.273 e. The van der Waals surface area contributed by atoms with Crippen molar-refractivity contribution >= 4 is 17.5 Å². The zero-order valence-electron chi connectivity index (χ0n) is 18.0.